The number of carbonyl (C=O) groups excluding carboxylic acids is 1. The average molecular weight is 152 g/mol. The summed E-state index contributed by atoms with van der Waals surface area (Å²) >= 11 is 0. The first-order chi connectivity index (χ1) is 5.25. The Hall–Kier alpha value is -0.330. The van der Waals surface area contributed by atoms with Crippen LogP contribution in [0, 0.1) is 17.8 Å². The highest BCUT2D eigenvalue weighted by Gasteiger charge is 2.39. The average Bonchev–Trinajstić information content (AvgIpc) is 2.45. The van der Waals surface area contributed by atoms with Crippen LogP contribution in [0.4, 0.5) is 0 Å². The fourth-order valence-electron chi connectivity index (χ4n) is 3.00. The summed E-state index contributed by atoms with van der Waals surface area (Å²) in [5.74, 6) is 3.07. The maximum Gasteiger partial charge on any atom is 0.130 e. The number of carbonyl (C=O) groups is 1. The van der Waals surface area contributed by atoms with Gasteiger partial charge in [-0.2, -0.15) is 0 Å². The Morgan fingerprint density at radius 3 is 2.64 bits per heavy atom. The molecule has 0 aromatic rings. The summed E-state index contributed by atoms with van der Waals surface area (Å²) in [5, 5.41) is 0. The van der Waals surface area contributed by atoms with E-state index in [1.807, 2.05) is 0 Å². The molecule has 2 fully saturated rings. The van der Waals surface area contributed by atoms with Crippen molar-refractivity contribution in [3.8, 4) is 0 Å². The first-order valence-electron chi connectivity index (χ1n) is 4.75. The Bertz CT molecular complexity index is 174. The van der Waals surface area contributed by atoms with E-state index in [9.17, 15) is 4.79 Å². The molecule has 3 atom stereocenters. The van der Waals surface area contributed by atoms with Crippen molar-refractivity contribution in [2.24, 2.45) is 17.8 Å². The number of rotatable bonds is 2. The molecule has 1 heteroatoms. The van der Waals surface area contributed by atoms with Crippen LogP contribution in [0.3, 0.4) is 0 Å². The molecule has 0 heterocycles. The van der Waals surface area contributed by atoms with Gasteiger partial charge in [-0.05, 0) is 43.9 Å². The van der Waals surface area contributed by atoms with E-state index in [0.717, 1.165) is 24.2 Å². The second kappa shape index (κ2) is 2.62. The summed E-state index contributed by atoms with van der Waals surface area (Å²) in [4.78, 5) is 10.9. The molecule has 0 saturated heterocycles. The molecule has 2 bridgehead atoms. The number of hydrogen-bond acceptors (Lipinski definition) is 1. The second-order valence-corrected chi connectivity index (χ2v) is 4.34. The van der Waals surface area contributed by atoms with Crippen LogP contribution in [0.15, 0.2) is 0 Å². The molecule has 2 saturated carbocycles. The van der Waals surface area contributed by atoms with E-state index in [4.69, 9.17) is 0 Å². The molecule has 0 aromatic carbocycles. The zero-order valence-corrected chi connectivity index (χ0v) is 7.18. The Morgan fingerprint density at radius 2 is 2.18 bits per heavy atom. The molecule has 0 aliphatic heterocycles. The standard InChI is InChI=1S/C10H16O/c1-7(11)4-10-6-8-2-3-9(10)5-8/h8-10H,2-6H2,1H3/t8-,9-,10+/m0/s1. The van der Waals surface area contributed by atoms with E-state index < -0.39 is 0 Å². The Labute approximate surface area is 68.2 Å². The van der Waals surface area contributed by atoms with Crippen molar-refractivity contribution in [3.05, 3.63) is 0 Å². The van der Waals surface area contributed by atoms with Crippen LogP contribution >= 0.6 is 0 Å². The molecule has 2 rings (SSSR count). The van der Waals surface area contributed by atoms with Crippen molar-refractivity contribution < 1.29 is 4.79 Å². The van der Waals surface area contributed by atoms with Crippen molar-refractivity contribution in [2.45, 2.75) is 39.0 Å². The van der Waals surface area contributed by atoms with Gasteiger partial charge >= 0.3 is 0 Å². The molecule has 2 aliphatic carbocycles. The van der Waals surface area contributed by atoms with Gasteiger partial charge in [-0.15, -0.1) is 0 Å². The Morgan fingerprint density at radius 1 is 1.36 bits per heavy atom. The smallest absolute Gasteiger partial charge is 0.130 e. The number of ketones is 1. The van der Waals surface area contributed by atoms with Gasteiger partial charge in [0.15, 0.2) is 0 Å². The molecule has 0 unspecified atom stereocenters. The number of fused-ring (bicyclic) bond motifs is 2. The van der Waals surface area contributed by atoms with Crippen LogP contribution in [-0.2, 0) is 4.79 Å². The lowest BCUT2D eigenvalue weighted by atomic mass is 9.85. The fraction of sp³-hybridized carbons (Fsp3) is 0.900. The zero-order chi connectivity index (χ0) is 7.84. The first-order valence-corrected chi connectivity index (χ1v) is 4.75. The van der Waals surface area contributed by atoms with Crippen LogP contribution in [-0.4, -0.2) is 5.78 Å². The molecule has 11 heavy (non-hydrogen) atoms. The zero-order valence-electron chi connectivity index (χ0n) is 7.18. The third kappa shape index (κ3) is 1.33. The minimum Gasteiger partial charge on any atom is -0.300 e. The second-order valence-electron chi connectivity index (χ2n) is 4.34. The third-order valence-corrected chi connectivity index (χ3v) is 3.43. The van der Waals surface area contributed by atoms with Crippen molar-refractivity contribution in [1.29, 1.82) is 0 Å². The van der Waals surface area contributed by atoms with E-state index >= 15 is 0 Å². The van der Waals surface area contributed by atoms with Gasteiger partial charge in [0.1, 0.15) is 5.78 Å². The topological polar surface area (TPSA) is 17.1 Å². The fourth-order valence-corrected chi connectivity index (χ4v) is 3.00. The monoisotopic (exact) mass is 152 g/mol. The lowest BCUT2D eigenvalue weighted by molar-refractivity contribution is -0.118. The van der Waals surface area contributed by atoms with Gasteiger partial charge in [0.25, 0.3) is 0 Å². The Balaban J connectivity index is 1.92. The molecule has 0 amide bonds. The third-order valence-electron chi connectivity index (χ3n) is 3.43. The summed E-state index contributed by atoms with van der Waals surface area (Å²) < 4.78 is 0. The summed E-state index contributed by atoms with van der Waals surface area (Å²) in [6.45, 7) is 1.73. The molecule has 62 valence electrons. The summed E-state index contributed by atoms with van der Waals surface area (Å²) in [5.41, 5.74) is 0. The van der Waals surface area contributed by atoms with E-state index in [0.29, 0.717) is 5.78 Å². The largest absolute Gasteiger partial charge is 0.300 e. The summed E-state index contributed by atoms with van der Waals surface area (Å²) in [6, 6.07) is 0. The molecule has 2 aliphatic rings. The molecule has 0 spiro atoms. The van der Waals surface area contributed by atoms with Gasteiger partial charge < -0.3 is 4.79 Å². The first kappa shape index (κ1) is 7.33. The van der Waals surface area contributed by atoms with E-state index in [-0.39, 0.29) is 0 Å². The molecule has 0 aromatic heterocycles. The van der Waals surface area contributed by atoms with E-state index in [1.165, 1.54) is 25.7 Å². The predicted molar refractivity (Wildman–Crippen MR) is 44.2 cm³/mol. The number of Topliss-reactive ketones (excluding diaryl/α,β-unsaturated/α-hetero) is 1. The molecular weight excluding hydrogens is 136 g/mol. The maximum atomic E-state index is 10.9. The quantitative estimate of drug-likeness (QED) is 0.593. The highest BCUT2D eigenvalue weighted by molar-refractivity contribution is 5.75. The molecule has 0 radical (unpaired) electrons. The SMILES string of the molecule is CC(=O)C[C@@H]1C[C@H]2CC[C@H]1C2. The van der Waals surface area contributed by atoms with Crippen LogP contribution in [0.25, 0.3) is 0 Å². The van der Waals surface area contributed by atoms with Crippen LogP contribution in [0.2, 0.25) is 0 Å². The van der Waals surface area contributed by atoms with Gasteiger partial charge in [-0.1, -0.05) is 6.42 Å². The minimum absolute atomic E-state index is 0.391. The van der Waals surface area contributed by atoms with Crippen LogP contribution in [0.1, 0.15) is 39.0 Å². The number of hydrogen-bond donors (Lipinski definition) is 0. The lowest BCUT2D eigenvalue weighted by Gasteiger charge is -2.19. The molecule has 1 nitrogen and oxygen atoms in total. The Kier molecular flexibility index (Phi) is 1.74. The van der Waals surface area contributed by atoms with Gasteiger partial charge in [0, 0.05) is 6.42 Å². The van der Waals surface area contributed by atoms with Crippen molar-refractivity contribution in [2.75, 3.05) is 0 Å². The van der Waals surface area contributed by atoms with Crippen molar-refractivity contribution in [3.63, 3.8) is 0 Å². The molecule has 0 N–H and O–H groups in total. The minimum atomic E-state index is 0.391. The van der Waals surface area contributed by atoms with Gasteiger partial charge in [-0.25, -0.2) is 0 Å². The molecular formula is C10H16O. The van der Waals surface area contributed by atoms with Crippen molar-refractivity contribution in [1.82, 2.24) is 0 Å². The van der Waals surface area contributed by atoms with E-state index in [1.54, 1.807) is 6.92 Å². The van der Waals surface area contributed by atoms with Gasteiger partial charge in [0.05, 0.1) is 0 Å². The van der Waals surface area contributed by atoms with Gasteiger partial charge in [-0.3, -0.25) is 0 Å². The normalized spacial score (nSPS) is 41.4. The highest BCUT2D eigenvalue weighted by Crippen LogP contribution is 2.49. The van der Waals surface area contributed by atoms with Gasteiger partial charge in [0.2, 0.25) is 0 Å². The maximum absolute atomic E-state index is 10.9. The van der Waals surface area contributed by atoms with Crippen molar-refractivity contribution >= 4 is 5.78 Å². The summed E-state index contributed by atoms with van der Waals surface area (Å²) in [7, 11) is 0. The van der Waals surface area contributed by atoms with Crippen LogP contribution in [0.5, 0.6) is 0 Å². The summed E-state index contributed by atoms with van der Waals surface area (Å²) in [6.07, 6.45) is 6.49. The van der Waals surface area contributed by atoms with E-state index in [2.05, 4.69) is 0 Å². The predicted octanol–water partition coefficient (Wildman–Crippen LogP) is 2.40. The van der Waals surface area contributed by atoms with Crippen LogP contribution < -0.4 is 0 Å². The highest BCUT2D eigenvalue weighted by atomic mass is 16.1. The lowest BCUT2D eigenvalue weighted by Crippen LogP contribution is -2.13.